The van der Waals surface area contributed by atoms with Crippen LogP contribution in [0.3, 0.4) is 0 Å². The zero-order chi connectivity index (χ0) is 14.9. The van der Waals surface area contributed by atoms with Gasteiger partial charge < -0.3 is 5.11 Å². The van der Waals surface area contributed by atoms with E-state index in [1.807, 2.05) is 0 Å². The molecule has 0 aliphatic rings. The number of aromatic carboxylic acids is 1. The summed E-state index contributed by atoms with van der Waals surface area (Å²) in [7, 11) is 0. The highest BCUT2D eigenvalue weighted by atomic mass is 79.9. The fourth-order valence-electron chi connectivity index (χ4n) is 1.60. The van der Waals surface area contributed by atoms with Gasteiger partial charge in [-0.15, -0.1) is 0 Å². The fraction of sp³-hybridized carbons (Fsp3) is 0.0909. The molecule has 0 radical (unpaired) electrons. The molecular weight excluding hydrogens is 353 g/mol. The van der Waals surface area contributed by atoms with Crippen molar-refractivity contribution in [3.8, 4) is 0 Å². The van der Waals surface area contributed by atoms with Crippen molar-refractivity contribution >= 4 is 39.2 Å². The number of aromatic nitrogens is 2. The molecule has 9 heteroatoms. The van der Waals surface area contributed by atoms with E-state index in [2.05, 4.69) is 21.0 Å². The predicted octanol–water partition coefficient (Wildman–Crippen LogP) is 2.95. The van der Waals surface area contributed by atoms with Crippen LogP contribution in [0, 0.1) is 10.1 Å². The van der Waals surface area contributed by atoms with Gasteiger partial charge >= 0.3 is 11.7 Å². The molecule has 7 nitrogen and oxygen atoms in total. The van der Waals surface area contributed by atoms with Gasteiger partial charge in [0, 0.05) is 9.50 Å². The van der Waals surface area contributed by atoms with Crippen LogP contribution < -0.4 is 0 Å². The van der Waals surface area contributed by atoms with Crippen molar-refractivity contribution in [1.82, 2.24) is 9.78 Å². The van der Waals surface area contributed by atoms with E-state index < -0.39 is 22.3 Å². The molecule has 0 saturated carbocycles. The van der Waals surface area contributed by atoms with Crippen molar-refractivity contribution in [2.24, 2.45) is 0 Å². The van der Waals surface area contributed by atoms with Crippen LogP contribution in [-0.4, -0.2) is 25.8 Å². The topological polar surface area (TPSA) is 98.3 Å². The Kier molecular flexibility index (Phi) is 4.05. The third-order valence-corrected chi connectivity index (χ3v) is 3.33. The first-order chi connectivity index (χ1) is 9.38. The Morgan fingerprint density at radius 2 is 2.25 bits per heavy atom. The van der Waals surface area contributed by atoms with Gasteiger partial charge in [0.15, 0.2) is 0 Å². The monoisotopic (exact) mass is 359 g/mol. The summed E-state index contributed by atoms with van der Waals surface area (Å²) in [5, 5.41) is 23.8. The number of carboxylic acids is 1. The SMILES string of the molecule is O=C(O)c1nn(Cc2ccc(Br)cc2Cl)cc1[N+](=O)[O-]. The lowest BCUT2D eigenvalue weighted by atomic mass is 10.2. The molecule has 1 heterocycles. The van der Waals surface area contributed by atoms with Crippen molar-refractivity contribution in [1.29, 1.82) is 0 Å². The number of nitrogens with zero attached hydrogens (tertiary/aromatic N) is 3. The van der Waals surface area contributed by atoms with E-state index in [9.17, 15) is 14.9 Å². The summed E-state index contributed by atoms with van der Waals surface area (Å²) in [4.78, 5) is 20.9. The maximum absolute atomic E-state index is 10.9. The van der Waals surface area contributed by atoms with Gasteiger partial charge in [-0.25, -0.2) is 4.79 Å². The van der Waals surface area contributed by atoms with Gasteiger partial charge in [-0.05, 0) is 17.7 Å². The standard InChI is InChI=1S/C11H7BrClN3O4/c12-7-2-1-6(8(13)3-7)4-15-5-9(16(19)20)10(14-15)11(17)18/h1-3,5H,4H2,(H,17,18). The molecule has 0 fully saturated rings. The summed E-state index contributed by atoms with van der Waals surface area (Å²) >= 11 is 9.29. The van der Waals surface area contributed by atoms with Crippen LogP contribution in [0.5, 0.6) is 0 Å². The largest absolute Gasteiger partial charge is 0.476 e. The van der Waals surface area contributed by atoms with Crippen LogP contribution in [-0.2, 0) is 6.54 Å². The maximum Gasteiger partial charge on any atom is 0.363 e. The van der Waals surface area contributed by atoms with Gasteiger partial charge in [0.1, 0.15) is 6.20 Å². The third-order valence-electron chi connectivity index (χ3n) is 2.49. The second-order valence-corrected chi connectivity index (χ2v) is 5.18. The molecule has 1 aromatic heterocycles. The molecule has 0 unspecified atom stereocenters. The van der Waals surface area contributed by atoms with Gasteiger partial charge in [-0.2, -0.15) is 5.10 Å². The second kappa shape index (κ2) is 5.59. The molecule has 1 N–H and O–H groups in total. The van der Waals surface area contributed by atoms with E-state index in [0.717, 1.165) is 10.7 Å². The van der Waals surface area contributed by atoms with Crippen molar-refractivity contribution in [3.05, 3.63) is 55.3 Å². The molecule has 2 rings (SSSR count). The minimum absolute atomic E-state index is 0.139. The van der Waals surface area contributed by atoms with Crippen molar-refractivity contribution in [3.63, 3.8) is 0 Å². The minimum atomic E-state index is -1.45. The fourth-order valence-corrected chi connectivity index (χ4v) is 2.34. The van der Waals surface area contributed by atoms with E-state index in [1.54, 1.807) is 18.2 Å². The number of carbonyl (C=O) groups is 1. The molecule has 104 valence electrons. The van der Waals surface area contributed by atoms with Gasteiger partial charge in [0.2, 0.25) is 5.69 Å². The number of carboxylic acid groups (broad SMARTS) is 1. The first-order valence-electron chi connectivity index (χ1n) is 5.27. The summed E-state index contributed by atoms with van der Waals surface area (Å²) < 4.78 is 1.97. The Labute approximate surface area is 126 Å². The van der Waals surface area contributed by atoms with Crippen molar-refractivity contribution < 1.29 is 14.8 Å². The molecule has 0 amide bonds. The second-order valence-electron chi connectivity index (χ2n) is 3.86. The quantitative estimate of drug-likeness (QED) is 0.667. The van der Waals surface area contributed by atoms with Crippen LogP contribution in [0.25, 0.3) is 0 Å². The lowest BCUT2D eigenvalue weighted by Crippen LogP contribution is -2.05. The van der Waals surface area contributed by atoms with Gasteiger partial charge in [-0.1, -0.05) is 33.6 Å². The van der Waals surface area contributed by atoms with Crippen LogP contribution in [0.4, 0.5) is 5.69 Å². The lowest BCUT2D eigenvalue weighted by molar-refractivity contribution is -0.385. The van der Waals surface area contributed by atoms with E-state index in [1.165, 1.54) is 4.68 Å². The molecule has 0 spiro atoms. The maximum atomic E-state index is 10.9. The number of hydrogen-bond acceptors (Lipinski definition) is 4. The summed E-state index contributed by atoms with van der Waals surface area (Å²) in [5.74, 6) is -1.45. The molecule has 0 saturated heterocycles. The van der Waals surface area contributed by atoms with E-state index in [-0.39, 0.29) is 6.54 Å². The lowest BCUT2D eigenvalue weighted by Gasteiger charge is -2.04. The predicted molar refractivity (Wildman–Crippen MR) is 74.1 cm³/mol. The highest BCUT2D eigenvalue weighted by Crippen LogP contribution is 2.23. The molecule has 0 atom stereocenters. The Morgan fingerprint density at radius 3 is 2.75 bits per heavy atom. The Morgan fingerprint density at radius 1 is 1.55 bits per heavy atom. The van der Waals surface area contributed by atoms with Crippen LogP contribution in [0.1, 0.15) is 16.1 Å². The first kappa shape index (κ1) is 14.5. The van der Waals surface area contributed by atoms with Crippen molar-refractivity contribution in [2.75, 3.05) is 0 Å². The average molecular weight is 361 g/mol. The highest BCUT2D eigenvalue weighted by molar-refractivity contribution is 9.10. The normalized spacial score (nSPS) is 10.5. The van der Waals surface area contributed by atoms with Crippen LogP contribution in [0.2, 0.25) is 5.02 Å². The van der Waals surface area contributed by atoms with Crippen LogP contribution >= 0.6 is 27.5 Å². The summed E-state index contributed by atoms with van der Waals surface area (Å²) in [5.41, 5.74) is -0.474. The Hall–Kier alpha value is -1.93. The Balaban J connectivity index is 2.37. The smallest absolute Gasteiger partial charge is 0.363 e. The molecular formula is C11H7BrClN3O4. The minimum Gasteiger partial charge on any atom is -0.476 e. The van der Waals surface area contributed by atoms with E-state index in [4.69, 9.17) is 16.7 Å². The van der Waals surface area contributed by atoms with Crippen molar-refractivity contribution in [2.45, 2.75) is 6.54 Å². The number of nitro groups is 1. The highest BCUT2D eigenvalue weighted by Gasteiger charge is 2.25. The average Bonchev–Trinajstić information content (AvgIpc) is 2.77. The van der Waals surface area contributed by atoms with Gasteiger partial charge in [0.05, 0.1) is 11.5 Å². The summed E-state index contributed by atoms with van der Waals surface area (Å²) in [6, 6.07) is 5.16. The van der Waals surface area contributed by atoms with Gasteiger partial charge in [-0.3, -0.25) is 14.8 Å². The zero-order valence-electron chi connectivity index (χ0n) is 9.79. The molecule has 0 bridgehead atoms. The molecule has 1 aromatic carbocycles. The third kappa shape index (κ3) is 2.97. The van der Waals surface area contributed by atoms with Crippen LogP contribution in [0.15, 0.2) is 28.9 Å². The number of hydrogen-bond donors (Lipinski definition) is 1. The van der Waals surface area contributed by atoms with E-state index in [0.29, 0.717) is 10.6 Å². The molecule has 20 heavy (non-hydrogen) atoms. The number of halogens is 2. The van der Waals surface area contributed by atoms with Gasteiger partial charge in [0.25, 0.3) is 0 Å². The molecule has 0 aliphatic carbocycles. The number of benzene rings is 1. The summed E-state index contributed by atoms with van der Waals surface area (Å²) in [6.07, 6.45) is 1.07. The van der Waals surface area contributed by atoms with E-state index >= 15 is 0 Å². The molecule has 2 aromatic rings. The summed E-state index contributed by atoms with van der Waals surface area (Å²) in [6.45, 7) is 0.139. The Bertz CT molecular complexity index is 669. The molecule has 0 aliphatic heterocycles. The number of rotatable bonds is 4. The zero-order valence-corrected chi connectivity index (χ0v) is 12.1. The first-order valence-corrected chi connectivity index (χ1v) is 6.44.